The summed E-state index contributed by atoms with van der Waals surface area (Å²) >= 11 is 0. The predicted octanol–water partition coefficient (Wildman–Crippen LogP) is 4.91. The molecule has 0 atom stereocenters. The van der Waals surface area contributed by atoms with Gasteiger partial charge in [-0.15, -0.1) is 0 Å². The standard InChI is InChI=1S/C15H13N.C2H6/c1-10-2-3-11-8-14-9-15(16)5-4-12(14)7-13(11)6-10;1-2/h2-9H,16H2,1H3;1-2H3. The Morgan fingerprint density at radius 2 is 1.22 bits per heavy atom. The summed E-state index contributed by atoms with van der Waals surface area (Å²) in [6.45, 7) is 6.12. The molecule has 0 aromatic heterocycles. The molecule has 3 aromatic carbocycles. The van der Waals surface area contributed by atoms with E-state index < -0.39 is 0 Å². The van der Waals surface area contributed by atoms with Crippen molar-refractivity contribution in [2.24, 2.45) is 0 Å². The van der Waals surface area contributed by atoms with E-state index in [2.05, 4.69) is 43.3 Å². The third-order valence-electron chi connectivity index (χ3n) is 2.98. The first-order valence-electron chi connectivity index (χ1n) is 6.42. The number of fused-ring (bicyclic) bond motifs is 2. The smallest absolute Gasteiger partial charge is 0.0320 e. The summed E-state index contributed by atoms with van der Waals surface area (Å²) in [5, 5.41) is 5.00. The van der Waals surface area contributed by atoms with Crippen LogP contribution in [-0.4, -0.2) is 0 Å². The molecular formula is C17H19N. The van der Waals surface area contributed by atoms with Crippen molar-refractivity contribution in [3.05, 3.63) is 54.1 Å². The van der Waals surface area contributed by atoms with Crippen molar-refractivity contribution in [2.75, 3.05) is 5.73 Å². The van der Waals surface area contributed by atoms with Crippen molar-refractivity contribution in [2.45, 2.75) is 20.8 Å². The molecule has 0 heterocycles. The van der Waals surface area contributed by atoms with E-state index in [1.54, 1.807) is 0 Å². The Bertz CT molecular complexity index is 622. The molecule has 0 aliphatic heterocycles. The van der Waals surface area contributed by atoms with E-state index in [4.69, 9.17) is 5.73 Å². The number of nitrogens with two attached hydrogens (primary N) is 1. The van der Waals surface area contributed by atoms with Crippen LogP contribution in [0.25, 0.3) is 21.5 Å². The van der Waals surface area contributed by atoms with Crippen molar-refractivity contribution < 1.29 is 0 Å². The van der Waals surface area contributed by atoms with Gasteiger partial charge in [-0.05, 0) is 52.7 Å². The van der Waals surface area contributed by atoms with E-state index >= 15 is 0 Å². The molecule has 1 heteroatoms. The molecule has 0 fully saturated rings. The van der Waals surface area contributed by atoms with Crippen LogP contribution in [0.4, 0.5) is 5.69 Å². The lowest BCUT2D eigenvalue weighted by Gasteiger charge is -2.04. The summed E-state index contributed by atoms with van der Waals surface area (Å²) < 4.78 is 0. The van der Waals surface area contributed by atoms with Gasteiger partial charge in [0.2, 0.25) is 0 Å². The molecule has 2 N–H and O–H groups in total. The first-order valence-corrected chi connectivity index (χ1v) is 6.42. The number of hydrogen-bond acceptors (Lipinski definition) is 1. The molecule has 0 radical (unpaired) electrons. The number of rotatable bonds is 0. The van der Waals surface area contributed by atoms with Gasteiger partial charge in [-0.25, -0.2) is 0 Å². The maximum Gasteiger partial charge on any atom is 0.0320 e. The largest absolute Gasteiger partial charge is 0.399 e. The Hall–Kier alpha value is -2.02. The maximum atomic E-state index is 5.79. The lowest BCUT2D eigenvalue weighted by atomic mass is 10.0. The van der Waals surface area contributed by atoms with Crippen LogP contribution in [0.3, 0.4) is 0 Å². The van der Waals surface area contributed by atoms with Crippen LogP contribution in [0, 0.1) is 6.92 Å². The summed E-state index contributed by atoms with van der Waals surface area (Å²) in [6.07, 6.45) is 0. The number of hydrogen-bond donors (Lipinski definition) is 1. The Morgan fingerprint density at radius 3 is 1.89 bits per heavy atom. The van der Waals surface area contributed by atoms with Gasteiger partial charge in [0.1, 0.15) is 0 Å². The SMILES string of the molecule is CC.Cc1ccc2cc3cc(N)ccc3cc2c1. The van der Waals surface area contributed by atoms with E-state index in [9.17, 15) is 0 Å². The average molecular weight is 237 g/mol. The van der Waals surface area contributed by atoms with Gasteiger partial charge in [-0.3, -0.25) is 0 Å². The average Bonchev–Trinajstić information content (AvgIpc) is 2.39. The molecule has 1 nitrogen and oxygen atoms in total. The van der Waals surface area contributed by atoms with Crippen LogP contribution in [-0.2, 0) is 0 Å². The molecule has 3 rings (SSSR count). The van der Waals surface area contributed by atoms with Gasteiger partial charge >= 0.3 is 0 Å². The van der Waals surface area contributed by atoms with E-state index in [1.807, 2.05) is 26.0 Å². The molecule has 0 saturated carbocycles. The molecule has 0 saturated heterocycles. The van der Waals surface area contributed by atoms with Gasteiger partial charge in [-0.1, -0.05) is 43.7 Å². The van der Waals surface area contributed by atoms with Crippen molar-refractivity contribution in [1.29, 1.82) is 0 Å². The molecular weight excluding hydrogens is 218 g/mol. The second-order valence-electron chi connectivity index (χ2n) is 4.31. The normalized spacial score (nSPS) is 10.2. The molecule has 3 aromatic rings. The lowest BCUT2D eigenvalue weighted by Crippen LogP contribution is -1.84. The minimum absolute atomic E-state index is 0.818. The van der Waals surface area contributed by atoms with Crippen LogP contribution in [0.5, 0.6) is 0 Å². The lowest BCUT2D eigenvalue weighted by molar-refractivity contribution is 1.50. The molecule has 0 unspecified atom stereocenters. The van der Waals surface area contributed by atoms with Crippen molar-refractivity contribution in [1.82, 2.24) is 0 Å². The Kier molecular flexibility index (Phi) is 3.52. The molecule has 0 spiro atoms. The zero-order valence-corrected chi connectivity index (χ0v) is 11.2. The summed E-state index contributed by atoms with van der Waals surface area (Å²) in [6, 6.07) is 17.0. The second-order valence-corrected chi connectivity index (χ2v) is 4.31. The van der Waals surface area contributed by atoms with E-state index in [0.29, 0.717) is 0 Å². The summed E-state index contributed by atoms with van der Waals surface area (Å²) in [5.41, 5.74) is 7.90. The molecule has 0 amide bonds. The van der Waals surface area contributed by atoms with Gasteiger partial charge < -0.3 is 5.73 Å². The fraction of sp³-hybridized carbons (Fsp3) is 0.176. The number of benzene rings is 3. The fourth-order valence-electron chi connectivity index (χ4n) is 2.14. The summed E-state index contributed by atoms with van der Waals surface area (Å²) in [4.78, 5) is 0. The fourth-order valence-corrected chi connectivity index (χ4v) is 2.14. The number of nitrogen functional groups attached to an aromatic ring is 1. The highest BCUT2D eigenvalue weighted by Crippen LogP contribution is 2.25. The van der Waals surface area contributed by atoms with Crippen LogP contribution in [0.2, 0.25) is 0 Å². The Balaban J connectivity index is 0.000000574. The zero-order valence-electron chi connectivity index (χ0n) is 11.2. The first kappa shape index (κ1) is 12.4. The second kappa shape index (κ2) is 5.09. The molecule has 0 bridgehead atoms. The Morgan fingerprint density at radius 1 is 0.667 bits per heavy atom. The molecule has 92 valence electrons. The van der Waals surface area contributed by atoms with E-state index in [0.717, 1.165) is 5.69 Å². The van der Waals surface area contributed by atoms with Crippen LogP contribution >= 0.6 is 0 Å². The summed E-state index contributed by atoms with van der Waals surface area (Å²) in [5.74, 6) is 0. The highest BCUT2D eigenvalue weighted by atomic mass is 14.5. The molecule has 18 heavy (non-hydrogen) atoms. The molecule has 0 aliphatic carbocycles. The highest BCUT2D eigenvalue weighted by Gasteiger charge is 1.98. The third kappa shape index (κ3) is 2.30. The van der Waals surface area contributed by atoms with Crippen molar-refractivity contribution in [3.63, 3.8) is 0 Å². The quantitative estimate of drug-likeness (QED) is 0.436. The van der Waals surface area contributed by atoms with E-state index in [-0.39, 0.29) is 0 Å². The minimum Gasteiger partial charge on any atom is -0.399 e. The maximum absolute atomic E-state index is 5.79. The minimum atomic E-state index is 0.818. The van der Waals surface area contributed by atoms with E-state index in [1.165, 1.54) is 27.1 Å². The monoisotopic (exact) mass is 237 g/mol. The van der Waals surface area contributed by atoms with Gasteiger partial charge in [0.15, 0.2) is 0 Å². The van der Waals surface area contributed by atoms with Gasteiger partial charge in [-0.2, -0.15) is 0 Å². The third-order valence-corrected chi connectivity index (χ3v) is 2.98. The summed E-state index contributed by atoms with van der Waals surface area (Å²) in [7, 11) is 0. The highest BCUT2D eigenvalue weighted by molar-refractivity contribution is 5.99. The van der Waals surface area contributed by atoms with Crippen LogP contribution in [0.15, 0.2) is 48.5 Å². The van der Waals surface area contributed by atoms with Crippen LogP contribution in [0.1, 0.15) is 19.4 Å². The zero-order chi connectivity index (χ0) is 13.1. The van der Waals surface area contributed by atoms with Crippen molar-refractivity contribution >= 4 is 27.2 Å². The Labute approximate surface area is 108 Å². The predicted molar refractivity (Wildman–Crippen MR) is 82.0 cm³/mol. The topological polar surface area (TPSA) is 26.0 Å². The number of aryl methyl sites for hydroxylation is 1. The van der Waals surface area contributed by atoms with Gasteiger partial charge in [0.25, 0.3) is 0 Å². The van der Waals surface area contributed by atoms with Crippen LogP contribution < -0.4 is 5.73 Å². The number of anilines is 1. The van der Waals surface area contributed by atoms with Gasteiger partial charge in [0.05, 0.1) is 0 Å². The van der Waals surface area contributed by atoms with Crippen molar-refractivity contribution in [3.8, 4) is 0 Å². The molecule has 0 aliphatic rings. The van der Waals surface area contributed by atoms with Gasteiger partial charge in [0, 0.05) is 5.69 Å². The first-order chi connectivity index (χ1) is 8.72.